The lowest BCUT2D eigenvalue weighted by molar-refractivity contribution is -0.608. The Morgan fingerprint density at radius 3 is 2.71 bits per heavy atom. The maximum absolute atomic E-state index is 12.2. The van der Waals surface area contributed by atoms with E-state index in [1.807, 2.05) is 0 Å². The van der Waals surface area contributed by atoms with Crippen LogP contribution in [0.15, 0.2) is 42.6 Å². The standard InChI is InChI=1S/C16H15ClN2O5/c1-10(24-16(21)13-5-3-4-8-19(13)22)15(20)18-12-9-11(17)6-7-14(12)23-2/h3-10H,1-2H3,(H,18,20)/t10-/m1/s1. The largest absolute Gasteiger partial charge is 0.618 e. The lowest BCUT2D eigenvalue weighted by Gasteiger charge is -2.15. The van der Waals surface area contributed by atoms with Gasteiger partial charge in [-0.2, -0.15) is 4.73 Å². The van der Waals surface area contributed by atoms with Crippen molar-refractivity contribution in [3.63, 3.8) is 0 Å². The van der Waals surface area contributed by atoms with E-state index < -0.39 is 18.0 Å². The van der Waals surface area contributed by atoms with Crippen molar-refractivity contribution in [2.24, 2.45) is 0 Å². The highest BCUT2D eigenvalue weighted by Crippen LogP contribution is 2.27. The molecule has 0 aliphatic heterocycles. The maximum atomic E-state index is 12.2. The first kappa shape index (κ1) is 17.6. The summed E-state index contributed by atoms with van der Waals surface area (Å²) < 4.78 is 10.5. The minimum absolute atomic E-state index is 0.211. The van der Waals surface area contributed by atoms with Crippen LogP contribution in [0.1, 0.15) is 17.4 Å². The number of nitrogens with zero attached hydrogens (tertiary/aromatic N) is 1. The average Bonchev–Trinajstić information content (AvgIpc) is 2.55. The van der Waals surface area contributed by atoms with Gasteiger partial charge in [0, 0.05) is 17.2 Å². The molecule has 8 heteroatoms. The van der Waals surface area contributed by atoms with Gasteiger partial charge >= 0.3 is 11.7 Å². The Kier molecular flexibility index (Phi) is 5.59. The molecule has 1 amide bonds. The molecule has 1 atom stereocenters. The molecular weight excluding hydrogens is 336 g/mol. The van der Waals surface area contributed by atoms with Crippen molar-refractivity contribution < 1.29 is 23.8 Å². The molecule has 0 saturated heterocycles. The summed E-state index contributed by atoms with van der Waals surface area (Å²) in [6.07, 6.45) is 0.0411. The van der Waals surface area contributed by atoms with Crippen molar-refractivity contribution in [1.29, 1.82) is 0 Å². The van der Waals surface area contributed by atoms with Gasteiger partial charge in [0.15, 0.2) is 12.3 Å². The smallest absolute Gasteiger partial charge is 0.405 e. The maximum Gasteiger partial charge on any atom is 0.405 e. The zero-order chi connectivity index (χ0) is 17.7. The number of carbonyl (C=O) groups excluding carboxylic acids is 2. The average molecular weight is 351 g/mol. The molecule has 24 heavy (non-hydrogen) atoms. The summed E-state index contributed by atoms with van der Waals surface area (Å²) in [5.74, 6) is -1.07. The summed E-state index contributed by atoms with van der Waals surface area (Å²) in [4.78, 5) is 24.1. The minimum atomic E-state index is -1.12. The molecule has 0 aliphatic rings. The second-order valence-electron chi connectivity index (χ2n) is 4.79. The summed E-state index contributed by atoms with van der Waals surface area (Å²) in [6.45, 7) is 1.39. The van der Waals surface area contributed by atoms with E-state index in [1.54, 1.807) is 12.1 Å². The second kappa shape index (κ2) is 7.65. The van der Waals surface area contributed by atoms with E-state index in [2.05, 4.69) is 5.32 Å². The molecule has 0 aliphatic carbocycles. The predicted octanol–water partition coefficient (Wildman–Crippen LogP) is 2.17. The van der Waals surface area contributed by atoms with Crippen molar-refractivity contribution in [1.82, 2.24) is 0 Å². The van der Waals surface area contributed by atoms with Crippen molar-refractivity contribution in [2.45, 2.75) is 13.0 Å². The lowest BCUT2D eigenvalue weighted by atomic mass is 10.2. The molecule has 2 rings (SSSR count). The molecule has 2 aromatic rings. The van der Waals surface area contributed by atoms with Crippen LogP contribution in [-0.2, 0) is 9.53 Å². The van der Waals surface area contributed by atoms with Crippen molar-refractivity contribution in [2.75, 3.05) is 12.4 Å². The Bertz CT molecular complexity index is 766. The number of ether oxygens (including phenoxy) is 2. The van der Waals surface area contributed by atoms with E-state index in [-0.39, 0.29) is 5.69 Å². The molecule has 0 fully saturated rings. The van der Waals surface area contributed by atoms with Crippen LogP contribution in [0.5, 0.6) is 5.75 Å². The van der Waals surface area contributed by atoms with Crippen LogP contribution in [0.25, 0.3) is 0 Å². The number of hydrogen-bond donors (Lipinski definition) is 1. The third-order valence-electron chi connectivity index (χ3n) is 3.11. The number of nitrogens with one attached hydrogen (secondary N) is 1. The Morgan fingerprint density at radius 2 is 2.04 bits per heavy atom. The number of rotatable bonds is 5. The molecular formula is C16H15ClN2O5. The second-order valence-corrected chi connectivity index (χ2v) is 5.23. The SMILES string of the molecule is COc1ccc(Cl)cc1NC(=O)[C@@H](C)OC(=O)c1cccc[n+]1[O-]. The van der Waals surface area contributed by atoms with Crippen LogP contribution < -0.4 is 14.8 Å². The molecule has 1 heterocycles. The van der Waals surface area contributed by atoms with Crippen molar-refractivity contribution in [3.05, 3.63) is 58.5 Å². The summed E-state index contributed by atoms with van der Waals surface area (Å²) in [6, 6.07) is 9.02. The topological polar surface area (TPSA) is 91.6 Å². The Morgan fingerprint density at radius 1 is 1.29 bits per heavy atom. The van der Waals surface area contributed by atoms with E-state index in [1.165, 1.54) is 38.3 Å². The molecule has 1 aromatic heterocycles. The normalized spacial score (nSPS) is 11.5. The number of carbonyl (C=O) groups is 2. The molecule has 0 bridgehead atoms. The van der Waals surface area contributed by atoms with Gasteiger partial charge in [0.2, 0.25) is 0 Å². The fraction of sp³-hybridized carbons (Fsp3) is 0.188. The van der Waals surface area contributed by atoms with Crippen LogP contribution in [0, 0.1) is 5.21 Å². The van der Waals surface area contributed by atoms with Gasteiger partial charge in [-0.25, -0.2) is 4.79 Å². The molecule has 0 radical (unpaired) electrons. The highest BCUT2D eigenvalue weighted by Gasteiger charge is 2.24. The number of pyridine rings is 1. The van der Waals surface area contributed by atoms with Crippen LogP contribution in [-0.4, -0.2) is 25.1 Å². The van der Waals surface area contributed by atoms with E-state index in [9.17, 15) is 14.8 Å². The molecule has 0 saturated carbocycles. The molecule has 7 nitrogen and oxygen atoms in total. The van der Waals surface area contributed by atoms with E-state index >= 15 is 0 Å². The van der Waals surface area contributed by atoms with Gasteiger partial charge in [0.05, 0.1) is 12.8 Å². The van der Waals surface area contributed by atoms with Gasteiger partial charge < -0.3 is 20.0 Å². The number of aromatic nitrogens is 1. The highest BCUT2D eigenvalue weighted by atomic mass is 35.5. The number of amides is 1. The molecule has 1 N–H and O–H groups in total. The number of benzene rings is 1. The fourth-order valence-corrected chi connectivity index (χ4v) is 2.05. The van der Waals surface area contributed by atoms with Gasteiger partial charge in [-0.05, 0) is 31.2 Å². The van der Waals surface area contributed by atoms with Crippen LogP contribution in [0.4, 0.5) is 5.69 Å². The van der Waals surface area contributed by atoms with Gasteiger partial charge in [-0.3, -0.25) is 4.79 Å². The quantitative estimate of drug-likeness (QED) is 0.507. The van der Waals surface area contributed by atoms with E-state index in [0.717, 1.165) is 6.20 Å². The zero-order valence-corrected chi connectivity index (χ0v) is 13.7. The van der Waals surface area contributed by atoms with Crippen LogP contribution in [0.3, 0.4) is 0 Å². The van der Waals surface area contributed by atoms with Gasteiger partial charge in [-0.15, -0.1) is 0 Å². The van der Waals surface area contributed by atoms with E-state index in [4.69, 9.17) is 21.1 Å². The highest BCUT2D eigenvalue weighted by molar-refractivity contribution is 6.31. The minimum Gasteiger partial charge on any atom is -0.618 e. The molecule has 0 unspecified atom stereocenters. The third kappa shape index (κ3) is 4.14. The lowest BCUT2D eigenvalue weighted by Crippen LogP contribution is -2.37. The van der Waals surface area contributed by atoms with Crippen molar-refractivity contribution in [3.8, 4) is 5.75 Å². The fourth-order valence-electron chi connectivity index (χ4n) is 1.87. The Balaban J connectivity index is 2.06. The van der Waals surface area contributed by atoms with Gasteiger partial charge in [-0.1, -0.05) is 11.6 Å². The summed E-state index contributed by atoms with van der Waals surface area (Å²) in [7, 11) is 1.45. The van der Waals surface area contributed by atoms with Crippen LogP contribution in [0.2, 0.25) is 5.02 Å². The van der Waals surface area contributed by atoms with Gasteiger partial charge in [0.1, 0.15) is 5.75 Å². The molecule has 0 spiro atoms. The molecule has 1 aromatic carbocycles. The number of esters is 1. The monoisotopic (exact) mass is 350 g/mol. The number of methoxy groups -OCH3 is 1. The predicted molar refractivity (Wildman–Crippen MR) is 86.9 cm³/mol. The number of hydrogen-bond acceptors (Lipinski definition) is 5. The first-order chi connectivity index (χ1) is 11.4. The summed E-state index contributed by atoms with van der Waals surface area (Å²) >= 11 is 5.89. The summed E-state index contributed by atoms with van der Waals surface area (Å²) in [5, 5.41) is 14.5. The first-order valence-electron chi connectivity index (χ1n) is 6.96. The first-order valence-corrected chi connectivity index (χ1v) is 7.33. The number of anilines is 1. The van der Waals surface area contributed by atoms with Crippen LogP contribution >= 0.6 is 11.6 Å². The summed E-state index contributed by atoms with van der Waals surface area (Å²) in [5.41, 5.74) is 0.133. The molecule has 126 valence electrons. The van der Waals surface area contributed by atoms with Gasteiger partial charge in [0.25, 0.3) is 5.91 Å². The Labute approximate surface area is 143 Å². The third-order valence-corrected chi connectivity index (χ3v) is 3.34. The van der Waals surface area contributed by atoms with Crippen molar-refractivity contribution >= 4 is 29.2 Å². The van der Waals surface area contributed by atoms with E-state index in [0.29, 0.717) is 21.2 Å². The number of halogens is 1. The Hall–Kier alpha value is -2.80. The zero-order valence-electron chi connectivity index (χ0n) is 13.0.